The summed E-state index contributed by atoms with van der Waals surface area (Å²) >= 11 is 0. The minimum atomic E-state index is -4.57. The fourth-order valence-electron chi connectivity index (χ4n) is 4.74. The fraction of sp³-hybridized carbons (Fsp3) is 0.129. The third-order valence-electron chi connectivity index (χ3n) is 6.55. The first-order valence-corrected chi connectivity index (χ1v) is 14.0. The van der Waals surface area contributed by atoms with Gasteiger partial charge in [0.15, 0.2) is 0 Å². The summed E-state index contributed by atoms with van der Waals surface area (Å²) in [6.07, 6.45) is -2.60. The molecule has 0 spiro atoms. The molecule has 0 aliphatic rings. The molecule has 0 saturated carbocycles. The van der Waals surface area contributed by atoms with Gasteiger partial charge in [-0.3, -0.25) is 4.98 Å². The number of nitrogens with zero attached hydrogens (tertiary/aromatic N) is 1. The van der Waals surface area contributed by atoms with Crippen molar-refractivity contribution in [3.8, 4) is 22.3 Å². The molecule has 2 N–H and O–H groups in total. The maximum absolute atomic E-state index is 13.9. The van der Waals surface area contributed by atoms with Crippen molar-refractivity contribution in [2.24, 2.45) is 0 Å². The van der Waals surface area contributed by atoms with Gasteiger partial charge < -0.3 is 5.11 Å². The summed E-state index contributed by atoms with van der Waals surface area (Å²) in [4.78, 5) is 4.30. The Labute approximate surface area is 230 Å². The molecule has 0 unspecified atom stereocenters. The minimum absolute atomic E-state index is 0.0396. The van der Waals surface area contributed by atoms with E-state index in [-0.39, 0.29) is 23.6 Å². The lowest BCUT2D eigenvalue weighted by molar-refractivity contribution is -0.136. The summed E-state index contributed by atoms with van der Waals surface area (Å²) in [5.41, 5.74) is 3.45. The van der Waals surface area contributed by atoms with Crippen molar-refractivity contribution >= 4 is 20.9 Å². The number of fused-ring (bicyclic) bond motifs is 1. The number of rotatable bonds is 8. The number of nitrogens with one attached hydrogen (secondary N) is 1. The van der Waals surface area contributed by atoms with E-state index in [1.165, 1.54) is 24.4 Å². The summed E-state index contributed by atoms with van der Waals surface area (Å²) in [6, 6.07) is 27.3. The van der Waals surface area contributed by atoms with Crippen LogP contribution in [0.3, 0.4) is 0 Å². The van der Waals surface area contributed by atoms with Gasteiger partial charge in [-0.1, -0.05) is 72.8 Å². The van der Waals surface area contributed by atoms with E-state index in [1.807, 2.05) is 48.5 Å². The zero-order valence-corrected chi connectivity index (χ0v) is 22.0. The molecule has 4 aromatic carbocycles. The van der Waals surface area contributed by atoms with E-state index in [1.54, 1.807) is 24.3 Å². The molecule has 5 rings (SSSR count). The molecule has 1 aromatic heterocycles. The van der Waals surface area contributed by atoms with E-state index < -0.39 is 21.8 Å². The second-order valence-electron chi connectivity index (χ2n) is 9.25. The third-order valence-corrected chi connectivity index (χ3v) is 8.01. The van der Waals surface area contributed by atoms with Crippen molar-refractivity contribution in [2.45, 2.75) is 17.5 Å². The van der Waals surface area contributed by atoms with Crippen LogP contribution in [0.25, 0.3) is 33.2 Å². The Bertz CT molecular complexity index is 1770. The Morgan fingerprint density at radius 2 is 1.48 bits per heavy atom. The molecule has 0 fully saturated rings. The van der Waals surface area contributed by atoms with Crippen LogP contribution >= 0.6 is 0 Å². The molecule has 0 aliphatic carbocycles. The first kappa shape index (κ1) is 27.5. The minimum Gasteiger partial charge on any atom is -0.395 e. The first-order chi connectivity index (χ1) is 19.2. The number of halogens is 3. The standard InChI is InChI=1S/C31H25F3N2O3S/c32-31(33,34)28-14-6-13-27-29(25(20-35-30(27)28)17-21-7-2-1-3-8-21)24-11-4-9-22(18-24)23-10-5-12-26(19-23)40(38,39)36-15-16-37/h1-14,18-20,36-37H,15-17H2. The molecule has 40 heavy (non-hydrogen) atoms. The summed E-state index contributed by atoms with van der Waals surface area (Å²) < 4.78 is 69.2. The molecule has 0 aliphatic heterocycles. The fourth-order valence-corrected chi connectivity index (χ4v) is 5.81. The van der Waals surface area contributed by atoms with Gasteiger partial charge in [0, 0.05) is 18.1 Å². The summed E-state index contributed by atoms with van der Waals surface area (Å²) in [5, 5.41) is 9.39. The van der Waals surface area contributed by atoms with Crippen LogP contribution in [-0.2, 0) is 22.6 Å². The van der Waals surface area contributed by atoms with Crippen LogP contribution in [0.4, 0.5) is 13.2 Å². The Balaban J connectivity index is 1.67. The number of aliphatic hydroxyl groups excluding tert-OH is 1. The van der Waals surface area contributed by atoms with E-state index >= 15 is 0 Å². The van der Waals surface area contributed by atoms with Crippen molar-refractivity contribution in [1.82, 2.24) is 9.71 Å². The van der Waals surface area contributed by atoms with Gasteiger partial charge in [0.1, 0.15) is 0 Å². The van der Waals surface area contributed by atoms with Crippen LogP contribution in [0.5, 0.6) is 0 Å². The third kappa shape index (κ3) is 5.77. The second-order valence-corrected chi connectivity index (χ2v) is 11.0. The van der Waals surface area contributed by atoms with Crippen molar-refractivity contribution in [1.29, 1.82) is 0 Å². The quantitative estimate of drug-likeness (QED) is 0.228. The number of hydrogen-bond acceptors (Lipinski definition) is 4. The Kier molecular flexibility index (Phi) is 7.71. The zero-order valence-electron chi connectivity index (χ0n) is 21.2. The lowest BCUT2D eigenvalue weighted by Gasteiger charge is -2.17. The van der Waals surface area contributed by atoms with Crippen molar-refractivity contribution in [3.63, 3.8) is 0 Å². The highest BCUT2D eigenvalue weighted by Gasteiger charge is 2.33. The Morgan fingerprint density at radius 1 is 0.800 bits per heavy atom. The molecule has 0 amide bonds. The van der Waals surface area contributed by atoms with Crippen LogP contribution in [0.1, 0.15) is 16.7 Å². The largest absolute Gasteiger partial charge is 0.418 e. The van der Waals surface area contributed by atoms with Gasteiger partial charge in [-0.15, -0.1) is 0 Å². The highest BCUT2D eigenvalue weighted by atomic mass is 32.2. The molecule has 204 valence electrons. The normalized spacial score (nSPS) is 12.1. The van der Waals surface area contributed by atoms with Gasteiger partial charge in [-0.05, 0) is 64.1 Å². The predicted octanol–water partition coefficient (Wildman–Crippen LogP) is 6.45. The lowest BCUT2D eigenvalue weighted by atomic mass is 9.90. The number of sulfonamides is 1. The average Bonchev–Trinajstić information content (AvgIpc) is 2.96. The van der Waals surface area contributed by atoms with Crippen LogP contribution < -0.4 is 4.72 Å². The number of hydrogen-bond donors (Lipinski definition) is 2. The topological polar surface area (TPSA) is 79.3 Å². The van der Waals surface area contributed by atoms with E-state index in [0.717, 1.165) is 17.2 Å². The van der Waals surface area contributed by atoms with Crippen LogP contribution in [0.2, 0.25) is 0 Å². The SMILES string of the molecule is O=S(=O)(NCCO)c1cccc(-c2cccc(-c3c(Cc4ccccc4)cnc4c(C(F)(F)F)cccc34)c2)c1. The average molecular weight is 563 g/mol. The van der Waals surface area contributed by atoms with Crippen LogP contribution in [0, 0.1) is 0 Å². The molecular weight excluding hydrogens is 537 g/mol. The van der Waals surface area contributed by atoms with E-state index in [2.05, 4.69) is 9.71 Å². The molecule has 9 heteroatoms. The highest BCUT2D eigenvalue weighted by molar-refractivity contribution is 7.89. The van der Waals surface area contributed by atoms with Gasteiger partial charge in [0.25, 0.3) is 0 Å². The van der Waals surface area contributed by atoms with Crippen molar-refractivity contribution in [2.75, 3.05) is 13.2 Å². The Hall–Kier alpha value is -4.05. The van der Waals surface area contributed by atoms with Crippen LogP contribution in [0.15, 0.2) is 108 Å². The highest BCUT2D eigenvalue weighted by Crippen LogP contribution is 2.40. The van der Waals surface area contributed by atoms with Gasteiger partial charge in [0.2, 0.25) is 10.0 Å². The number of pyridine rings is 1. The number of para-hydroxylation sites is 1. The lowest BCUT2D eigenvalue weighted by Crippen LogP contribution is -2.26. The molecule has 0 atom stereocenters. The number of alkyl halides is 3. The van der Waals surface area contributed by atoms with Gasteiger partial charge in [-0.25, -0.2) is 13.1 Å². The molecule has 5 nitrogen and oxygen atoms in total. The summed E-state index contributed by atoms with van der Waals surface area (Å²) in [7, 11) is -3.83. The zero-order chi connectivity index (χ0) is 28.3. The van der Waals surface area contributed by atoms with Gasteiger partial charge in [-0.2, -0.15) is 13.2 Å². The predicted molar refractivity (Wildman–Crippen MR) is 149 cm³/mol. The van der Waals surface area contributed by atoms with Crippen molar-refractivity contribution in [3.05, 3.63) is 120 Å². The maximum Gasteiger partial charge on any atom is 0.418 e. The molecular formula is C31H25F3N2O3S. The molecule has 0 saturated heterocycles. The summed E-state index contributed by atoms with van der Waals surface area (Å²) in [6.45, 7) is -0.441. The monoisotopic (exact) mass is 562 g/mol. The number of aliphatic hydroxyl groups is 1. The van der Waals surface area contributed by atoms with Gasteiger partial charge in [0.05, 0.1) is 22.6 Å². The second kappa shape index (κ2) is 11.2. The van der Waals surface area contributed by atoms with Gasteiger partial charge >= 0.3 is 6.18 Å². The number of benzene rings is 4. The Morgan fingerprint density at radius 3 is 2.20 bits per heavy atom. The van der Waals surface area contributed by atoms with E-state index in [0.29, 0.717) is 34.1 Å². The van der Waals surface area contributed by atoms with Crippen LogP contribution in [-0.4, -0.2) is 31.7 Å². The first-order valence-electron chi connectivity index (χ1n) is 12.5. The smallest absolute Gasteiger partial charge is 0.395 e. The molecule has 5 aromatic rings. The van der Waals surface area contributed by atoms with E-state index in [9.17, 15) is 21.6 Å². The molecule has 0 bridgehead atoms. The molecule has 0 radical (unpaired) electrons. The maximum atomic E-state index is 13.9. The summed E-state index contributed by atoms with van der Waals surface area (Å²) in [5.74, 6) is 0. The molecule has 1 heterocycles. The number of aromatic nitrogens is 1. The van der Waals surface area contributed by atoms with Crippen molar-refractivity contribution < 1.29 is 26.7 Å². The van der Waals surface area contributed by atoms with E-state index in [4.69, 9.17) is 5.11 Å².